The summed E-state index contributed by atoms with van der Waals surface area (Å²) in [6.07, 6.45) is 2.09. The van der Waals surface area contributed by atoms with Gasteiger partial charge in [-0.15, -0.1) is 0 Å². The molecule has 0 aromatic heterocycles. The summed E-state index contributed by atoms with van der Waals surface area (Å²) in [7, 11) is 0. The van der Waals surface area contributed by atoms with Crippen molar-refractivity contribution in [3.63, 3.8) is 0 Å². The van der Waals surface area contributed by atoms with Crippen LogP contribution >= 0.6 is 0 Å². The van der Waals surface area contributed by atoms with E-state index in [0.717, 1.165) is 12.8 Å². The Bertz CT molecular complexity index is 216. The van der Waals surface area contributed by atoms with Crippen LogP contribution in [-0.4, -0.2) is 35.7 Å². The fourth-order valence-corrected chi connectivity index (χ4v) is 1.75. The summed E-state index contributed by atoms with van der Waals surface area (Å²) >= 11 is 0. The van der Waals surface area contributed by atoms with Crippen LogP contribution in [0.15, 0.2) is 0 Å². The molecule has 1 amide bonds. The van der Waals surface area contributed by atoms with E-state index in [1.54, 1.807) is 11.8 Å². The minimum Gasteiger partial charge on any atom is -0.333 e. The molecule has 0 spiro atoms. The van der Waals surface area contributed by atoms with Crippen LogP contribution in [0.3, 0.4) is 0 Å². The van der Waals surface area contributed by atoms with E-state index in [0.29, 0.717) is 19.5 Å². The van der Waals surface area contributed by atoms with Crippen LogP contribution < -0.4 is 5.73 Å². The van der Waals surface area contributed by atoms with Gasteiger partial charge in [0.05, 0.1) is 6.04 Å². The molecule has 1 saturated heterocycles. The molecule has 0 saturated carbocycles. The molecule has 0 unspecified atom stereocenters. The summed E-state index contributed by atoms with van der Waals surface area (Å²) in [5, 5.41) is 0. The van der Waals surface area contributed by atoms with Crippen LogP contribution in [0.4, 0.5) is 0 Å². The molecule has 1 fully saturated rings. The van der Waals surface area contributed by atoms with Gasteiger partial charge >= 0.3 is 0 Å². The van der Waals surface area contributed by atoms with Crippen LogP contribution in [0, 0.1) is 0 Å². The number of likely N-dealkylation sites (tertiary alicyclic amines) is 1. The molecule has 4 nitrogen and oxygen atoms in total. The Morgan fingerprint density at radius 2 is 2.23 bits per heavy atom. The molecule has 1 aliphatic heterocycles. The molecule has 0 radical (unpaired) electrons. The van der Waals surface area contributed by atoms with Crippen molar-refractivity contribution in [2.75, 3.05) is 13.1 Å². The topological polar surface area (TPSA) is 63.4 Å². The van der Waals surface area contributed by atoms with Gasteiger partial charge in [0.1, 0.15) is 0 Å². The molecular weight excluding hydrogens is 168 g/mol. The van der Waals surface area contributed by atoms with Gasteiger partial charge in [0.25, 0.3) is 0 Å². The number of hydrogen-bond acceptors (Lipinski definition) is 3. The zero-order valence-corrected chi connectivity index (χ0v) is 7.95. The molecule has 1 atom stereocenters. The zero-order chi connectivity index (χ0) is 9.84. The van der Waals surface area contributed by atoms with Crippen LogP contribution in [0.5, 0.6) is 0 Å². The van der Waals surface area contributed by atoms with Gasteiger partial charge in [0.15, 0.2) is 5.78 Å². The summed E-state index contributed by atoms with van der Waals surface area (Å²) < 4.78 is 0. The number of nitrogens with zero attached hydrogens (tertiary/aromatic N) is 1. The van der Waals surface area contributed by atoms with Gasteiger partial charge in [0.2, 0.25) is 5.91 Å². The van der Waals surface area contributed by atoms with Gasteiger partial charge in [-0.3, -0.25) is 9.59 Å². The maximum Gasteiger partial charge on any atom is 0.224 e. The van der Waals surface area contributed by atoms with Crippen LogP contribution in [0.2, 0.25) is 0 Å². The molecule has 1 aliphatic rings. The number of carbonyl (C=O) groups is 2. The number of amides is 1. The first kappa shape index (κ1) is 10.2. The van der Waals surface area contributed by atoms with Crippen molar-refractivity contribution in [2.24, 2.45) is 5.73 Å². The maximum absolute atomic E-state index is 11.5. The molecule has 1 heterocycles. The van der Waals surface area contributed by atoms with Gasteiger partial charge in [-0.1, -0.05) is 0 Å². The lowest BCUT2D eigenvalue weighted by Crippen LogP contribution is -2.40. The number of hydrogen-bond donors (Lipinski definition) is 1. The molecule has 74 valence electrons. The first-order valence-corrected chi connectivity index (χ1v) is 4.67. The van der Waals surface area contributed by atoms with Crippen LogP contribution in [-0.2, 0) is 9.59 Å². The van der Waals surface area contributed by atoms with Crippen LogP contribution in [0.1, 0.15) is 26.2 Å². The number of nitrogens with two attached hydrogens (primary N) is 1. The van der Waals surface area contributed by atoms with Crippen molar-refractivity contribution in [1.82, 2.24) is 4.90 Å². The van der Waals surface area contributed by atoms with Crippen molar-refractivity contribution in [2.45, 2.75) is 32.2 Å². The average Bonchev–Trinajstić information content (AvgIpc) is 2.52. The van der Waals surface area contributed by atoms with Crippen molar-refractivity contribution in [3.8, 4) is 0 Å². The summed E-state index contributed by atoms with van der Waals surface area (Å²) in [6.45, 7) is 2.61. The second-order valence-corrected chi connectivity index (χ2v) is 3.39. The highest BCUT2D eigenvalue weighted by atomic mass is 16.2. The lowest BCUT2D eigenvalue weighted by atomic mass is 10.1. The lowest BCUT2D eigenvalue weighted by molar-refractivity contribution is -0.136. The number of carbonyl (C=O) groups excluding carboxylic acids is 2. The Balaban J connectivity index is 2.57. The predicted molar refractivity (Wildman–Crippen MR) is 49.1 cm³/mol. The van der Waals surface area contributed by atoms with E-state index in [2.05, 4.69) is 0 Å². The Labute approximate surface area is 78.1 Å². The van der Waals surface area contributed by atoms with Gasteiger partial charge in [-0.05, 0) is 19.8 Å². The minimum absolute atomic E-state index is 0.0141. The van der Waals surface area contributed by atoms with Gasteiger partial charge in [0, 0.05) is 19.5 Å². The smallest absolute Gasteiger partial charge is 0.224 e. The van der Waals surface area contributed by atoms with Crippen molar-refractivity contribution >= 4 is 11.7 Å². The van der Waals surface area contributed by atoms with E-state index in [-0.39, 0.29) is 17.7 Å². The third-order valence-corrected chi connectivity index (χ3v) is 2.40. The first-order valence-electron chi connectivity index (χ1n) is 4.67. The fraction of sp³-hybridized carbons (Fsp3) is 0.778. The fourth-order valence-electron chi connectivity index (χ4n) is 1.75. The SMILES string of the molecule is CC(=O)[C@H]1CCCN1C(=O)CCN. The third-order valence-electron chi connectivity index (χ3n) is 2.40. The predicted octanol–water partition coefficient (Wildman–Crippen LogP) is -0.0848. The van der Waals surface area contributed by atoms with E-state index in [1.165, 1.54) is 0 Å². The monoisotopic (exact) mass is 184 g/mol. The number of Topliss-reactive ketones (excluding diaryl/α,β-unsaturated/α-hetero) is 1. The summed E-state index contributed by atoms with van der Waals surface area (Å²) in [4.78, 5) is 24.3. The normalized spacial score (nSPS) is 22.0. The van der Waals surface area contributed by atoms with E-state index in [9.17, 15) is 9.59 Å². The van der Waals surface area contributed by atoms with Crippen molar-refractivity contribution in [3.05, 3.63) is 0 Å². The third kappa shape index (κ3) is 2.28. The first-order chi connectivity index (χ1) is 6.16. The average molecular weight is 184 g/mol. The highest BCUT2D eigenvalue weighted by molar-refractivity contribution is 5.88. The lowest BCUT2D eigenvalue weighted by Gasteiger charge is -2.22. The molecule has 0 aromatic rings. The van der Waals surface area contributed by atoms with E-state index < -0.39 is 0 Å². The Morgan fingerprint density at radius 3 is 2.77 bits per heavy atom. The second kappa shape index (κ2) is 4.37. The van der Waals surface area contributed by atoms with Crippen molar-refractivity contribution < 1.29 is 9.59 Å². The Kier molecular flexibility index (Phi) is 3.42. The molecular formula is C9H16N2O2. The standard InChI is InChI=1S/C9H16N2O2/c1-7(12)8-3-2-6-11(8)9(13)4-5-10/h8H,2-6,10H2,1H3/t8-/m1/s1. The maximum atomic E-state index is 11.5. The molecule has 4 heteroatoms. The van der Waals surface area contributed by atoms with E-state index >= 15 is 0 Å². The van der Waals surface area contributed by atoms with Crippen molar-refractivity contribution in [1.29, 1.82) is 0 Å². The second-order valence-electron chi connectivity index (χ2n) is 3.39. The summed E-state index contributed by atoms with van der Waals surface area (Å²) in [5.41, 5.74) is 5.29. The Hall–Kier alpha value is -0.900. The molecule has 1 rings (SSSR count). The molecule has 2 N–H and O–H groups in total. The number of ketones is 1. The zero-order valence-electron chi connectivity index (χ0n) is 7.95. The van der Waals surface area contributed by atoms with E-state index in [4.69, 9.17) is 5.73 Å². The summed E-state index contributed by atoms with van der Waals surface area (Å²) in [6, 6.07) is -0.181. The molecule has 0 aliphatic carbocycles. The minimum atomic E-state index is -0.181. The van der Waals surface area contributed by atoms with Crippen LogP contribution in [0.25, 0.3) is 0 Å². The number of rotatable bonds is 3. The summed E-state index contributed by atoms with van der Waals surface area (Å²) in [5.74, 6) is 0.100. The molecule has 0 aromatic carbocycles. The van der Waals surface area contributed by atoms with Gasteiger partial charge in [-0.25, -0.2) is 0 Å². The molecule has 13 heavy (non-hydrogen) atoms. The highest BCUT2D eigenvalue weighted by Gasteiger charge is 2.30. The largest absolute Gasteiger partial charge is 0.333 e. The quantitative estimate of drug-likeness (QED) is 0.667. The van der Waals surface area contributed by atoms with E-state index in [1.807, 2.05) is 0 Å². The Morgan fingerprint density at radius 1 is 1.54 bits per heavy atom. The highest BCUT2D eigenvalue weighted by Crippen LogP contribution is 2.18. The van der Waals surface area contributed by atoms with Gasteiger partial charge < -0.3 is 10.6 Å². The molecule has 0 bridgehead atoms. The van der Waals surface area contributed by atoms with Gasteiger partial charge in [-0.2, -0.15) is 0 Å².